The lowest BCUT2D eigenvalue weighted by atomic mass is 10.1. The maximum Gasteiger partial charge on any atom is 0.340 e. The number of carbonyl (C=O) groups is 2. The summed E-state index contributed by atoms with van der Waals surface area (Å²) in [5, 5.41) is 9.10. The average molecular weight is 316 g/mol. The molecule has 1 aromatic rings. The fourth-order valence-corrected chi connectivity index (χ4v) is 2.33. The molecule has 0 bridgehead atoms. The molecule has 0 saturated carbocycles. The zero-order valence-electron chi connectivity index (χ0n) is 13.6. The molecule has 0 aromatic heterocycles. The first-order valence-corrected chi connectivity index (χ1v) is 8.09. The second kappa shape index (κ2) is 10.4. The van der Waals surface area contributed by atoms with Gasteiger partial charge in [-0.2, -0.15) is 0 Å². The predicted octanol–water partition coefficient (Wildman–Crippen LogP) is 4.29. The second-order valence-corrected chi connectivity index (χ2v) is 5.47. The van der Waals surface area contributed by atoms with Gasteiger partial charge in [0.15, 0.2) is 6.10 Å². The Labute approximate surface area is 137 Å². The molecule has 23 heavy (non-hydrogen) atoms. The molecular weight excluding hydrogens is 292 g/mol. The molecule has 4 heteroatoms. The highest BCUT2D eigenvalue weighted by Crippen LogP contribution is 2.14. The van der Waals surface area contributed by atoms with Gasteiger partial charge in [-0.25, -0.2) is 9.59 Å². The van der Waals surface area contributed by atoms with Crippen LogP contribution in [0.5, 0.6) is 0 Å². The highest BCUT2D eigenvalue weighted by Gasteiger charge is 2.19. The number of hydrogen-bond donors (Lipinski definition) is 1. The van der Waals surface area contributed by atoms with E-state index in [1.165, 1.54) is 31.4 Å². The fraction of sp³-hybridized carbons (Fsp3) is 0.474. The van der Waals surface area contributed by atoms with Crippen molar-refractivity contribution in [1.82, 2.24) is 0 Å². The summed E-state index contributed by atoms with van der Waals surface area (Å²) in [6.45, 7) is 2.17. The zero-order chi connectivity index (χ0) is 17.1. The predicted molar refractivity (Wildman–Crippen MR) is 89.4 cm³/mol. The molecule has 0 aliphatic carbocycles. The Morgan fingerprint density at radius 2 is 1.74 bits per heavy atom. The van der Waals surface area contributed by atoms with E-state index in [0.717, 1.165) is 19.3 Å². The van der Waals surface area contributed by atoms with Gasteiger partial charge in [-0.05, 0) is 25.0 Å². The van der Waals surface area contributed by atoms with Gasteiger partial charge in [-0.1, -0.05) is 57.1 Å². The number of ether oxygens (including phenoxy) is 1. The standard InChI is InChI=1S/C19H24O4/c1-3-5-6-7-8-9-12-15(4-2)23-19(22)17-14-11-10-13-16(17)18(20)21/h2,10-11,13-15H,3,5-9,12H2,1H3,(H,20,21). The molecule has 0 aliphatic heterocycles. The number of esters is 1. The van der Waals surface area contributed by atoms with Gasteiger partial charge in [0, 0.05) is 0 Å². The number of rotatable bonds is 10. The van der Waals surface area contributed by atoms with E-state index in [9.17, 15) is 9.59 Å². The Balaban J connectivity index is 2.51. The average Bonchev–Trinajstić information content (AvgIpc) is 2.56. The summed E-state index contributed by atoms with van der Waals surface area (Å²) in [6.07, 6.45) is 12.2. The molecular formula is C19H24O4. The molecule has 1 N–H and O–H groups in total. The smallest absolute Gasteiger partial charge is 0.340 e. The van der Waals surface area contributed by atoms with Crippen LogP contribution in [-0.4, -0.2) is 23.1 Å². The normalized spacial score (nSPS) is 11.5. The van der Waals surface area contributed by atoms with Crippen LogP contribution < -0.4 is 0 Å². The molecule has 0 heterocycles. The SMILES string of the molecule is C#CC(CCCCCCCC)OC(=O)c1ccccc1C(=O)O. The van der Waals surface area contributed by atoms with Crippen molar-refractivity contribution in [2.45, 2.75) is 58.0 Å². The van der Waals surface area contributed by atoms with Crippen molar-refractivity contribution < 1.29 is 19.4 Å². The van der Waals surface area contributed by atoms with Crippen molar-refractivity contribution in [3.63, 3.8) is 0 Å². The van der Waals surface area contributed by atoms with Crippen molar-refractivity contribution in [2.75, 3.05) is 0 Å². The molecule has 1 rings (SSSR count). The molecule has 1 unspecified atom stereocenters. The van der Waals surface area contributed by atoms with E-state index >= 15 is 0 Å². The van der Waals surface area contributed by atoms with Gasteiger partial charge in [-0.3, -0.25) is 0 Å². The van der Waals surface area contributed by atoms with Gasteiger partial charge in [0.05, 0.1) is 11.1 Å². The summed E-state index contributed by atoms with van der Waals surface area (Å²) in [5.74, 6) is 0.618. The van der Waals surface area contributed by atoms with Crippen LogP contribution in [0.25, 0.3) is 0 Å². The van der Waals surface area contributed by atoms with E-state index in [1.54, 1.807) is 12.1 Å². The largest absolute Gasteiger partial charge is 0.478 e. The number of benzene rings is 1. The first-order valence-electron chi connectivity index (χ1n) is 8.09. The quantitative estimate of drug-likeness (QED) is 0.397. The Hall–Kier alpha value is -2.28. The summed E-state index contributed by atoms with van der Waals surface area (Å²) in [4.78, 5) is 23.3. The number of terminal acetylenes is 1. The molecule has 1 atom stereocenters. The Bertz CT molecular complexity index is 557. The van der Waals surface area contributed by atoms with E-state index in [2.05, 4.69) is 12.8 Å². The van der Waals surface area contributed by atoms with Crippen molar-refractivity contribution in [3.05, 3.63) is 35.4 Å². The van der Waals surface area contributed by atoms with Crippen molar-refractivity contribution in [2.24, 2.45) is 0 Å². The van der Waals surface area contributed by atoms with Gasteiger partial charge in [0.2, 0.25) is 0 Å². The van der Waals surface area contributed by atoms with Crippen LogP contribution in [0.3, 0.4) is 0 Å². The highest BCUT2D eigenvalue weighted by molar-refractivity contribution is 6.02. The Morgan fingerprint density at radius 3 is 2.35 bits per heavy atom. The van der Waals surface area contributed by atoms with Crippen LogP contribution in [-0.2, 0) is 4.74 Å². The summed E-state index contributed by atoms with van der Waals surface area (Å²) < 4.78 is 5.27. The van der Waals surface area contributed by atoms with Crippen molar-refractivity contribution in [1.29, 1.82) is 0 Å². The minimum atomic E-state index is -1.16. The highest BCUT2D eigenvalue weighted by atomic mass is 16.5. The number of carbonyl (C=O) groups excluding carboxylic acids is 1. The van der Waals surface area contributed by atoms with Crippen molar-refractivity contribution >= 4 is 11.9 Å². The maximum absolute atomic E-state index is 12.1. The van der Waals surface area contributed by atoms with Crippen LogP contribution in [0.1, 0.15) is 72.6 Å². The second-order valence-electron chi connectivity index (χ2n) is 5.47. The number of carboxylic acid groups (broad SMARTS) is 1. The number of carboxylic acids is 1. The molecule has 4 nitrogen and oxygen atoms in total. The first kappa shape index (κ1) is 18.8. The minimum Gasteiger partial charge on any atom is -0.478 e. The van der Waals surface area contributed by atoms with Crippen LogP contribution >= 0.6 is 0 Å². The van der Waals surface area contributed by atoms with Gasteiger partial charge in [-0.15, -0.1) is 6.42 Å². The molecule has 0 amide bonds. The summed E-state index contributed by atoms with van der Waals surface area (Å²) in [7, 11) is 0. The molecule has 1 aromatic carbocycles. The summed E-state index contributed by atoms with van der Waals surface area (Å²) in [6, 6.07) is 5.97. The van der Waals surface area contributed by atoms with Gasteiger partial charge in [0.1, 0.15) is 0 Å². The number of aromatic carboxylic acids is 1. The fourth-order valence-electron chi connectivity index (χ4n) is 2.33. The Morgan fingerprint density at radius 1 is 1.13 bits per heavy atom. The number of unbranched alkanes of at least 4 members (excludes halogenated alkanes) is 5. The third-order valence-corrected chi connectivity index (χ3v) is 3.63. The van der Waals surface area contributed by atoms with E-state index in [4.69, 9.17) is 16.3 Å². The van der Waals surface area contributed by atoms with Crippen LogP contribution in [0.4, 0.5) is 0 Å². The molecule has 0 saturated heterocycles. The third-order valence-electron chi connectivity index (χ3n) is 3.63. The molecule has 0 aliphatic rings. The van der Waals surface area contributed by atoms with Crippen LogP contribution in [0, 0.1) is 12.3 Å². The molecule has 124 valence electrons. The van der Waals surface area contributed by atoms with Crippen molar-refractivity contribution in [3.8, 4) is 12.3 Å². The van der Waals surface area contributed by atoms with Gasteiger partial charge < -0.3 is 9.84 Å². The van der Waals surface area contributed by atoms with Gasteiger partial charge in [0.25, 0.3) is 0 Å². The molecule has 0 fully saturated rings. The lowest BCUT2D eigenvalue weighted by Crippen LogP contribution is -2.19. The summed E-state index contributed by atoms with van der Waals surface area (Å²) >= 11 is 0. The van der Waals surface area contributed by atoms with E-state index < -0.39 is 18.0 Å². The topological polar surface area (TPSA) is 63.6 Å². The lowest BCUT2D eigenvalue weighted by molar-refractivity contribution is 0.0386. The number of hydrogen-bond acceptors (Lipinski definition) is 3. The maximum atomic E-state index is 12.1. The van der Waals surface area contributed by atoms with Gasteiger partial charge >= 0.3 is 11.9 Å². The van der Waals surface area contributed by atoms with Crippen LogP contribution in [0.2, 0.25) is 0 Å². The zero-order valence-corrected chi connectivity index (χ0v) is 13.6. The molecule has 0 spiro atoms. The minimum absolute atomic E-state index is 0.0307. The van der Waals surface area contributed by atoms with E-state index in [1.807, 2.05) is 0 Å². The first-order chi connectivity index (χ1) is 11.1. The molecule has 0 radical (unpaired) electrons. The van der Waals surface area contributed by atoms with E-state index in [-0.39, 0.29) is 11.1 Å². The lowest BCUT2D eigenvalue weighted by Gasteiger charge is -2.13. The monoisotopic (exact) mass is 316 g/mol. The Kier molecular flexibility index (Phi) is 8.52. The van der Waals surface area contributed by atoms with Crippen LogP contribution in [0.15, 0.2) is 24.3 Å². The summed E-state index contributed by atoms with van der Waals surface area (Å²) in [5.41, 5.74) is -0.0453. The van der Waals surface area contributed by atoms with E-state index in [0.29, 0.717) is 6.42 Å². The third kappa shape index (κ3) is 6.56.